The molecule has 0 saturated carbocycles. The van der Waals surface area contributed by atoms with Crippen molar-refractivity contribution >= 4 is 0 Å². The lowest BCUT2D eigenvalue weighted by Crippen LogP contribution is -2.39. The highest BCUT2D eigenvalue weighted by atomic mass is 19.1. The van der Waals surface area contributed by atoms with Crippen LogP contribution in [0, 0.1) is 11.7 Å². The molecule has 0 amide bonds. The topological polar surface area (TPSA) is 12.0 Å². The Kier molecular flexibility index (Phi) is 5.33. The zero-order chi connectivity index (χ0) is 13.8. The predicted molar refractivity (Wildman–Crippen MR) is 76.4 cm³/mol. The average Bonchev–Trinajstić information content (AvgIpc) is 2.27. The van der Waals surface area contributed by atoms with Crippen LogP contribution in [0.1, 0.15) is 52.5 Å². The average molecular weight is 251 g/mol. The van der Waals surface area contributed by atoms with Gasteiger partial charge in [-0.2, -0.15) is 0 Å². The zero-order valence-corrected chi connectivity index (χ0v) is 12.3. The van der Waals surface area contributed by atoms with Gasteiger partial charge in [-0.15, -0.1) is 0 Å². The van der Waals surface area contributed by atoms with Crippen LogP contribution < -0.4 is 5.32 Å². The second-order valence-electron chi connectivity index (χ2n) is 6.18. The molecule has 0 aliphatic rings. The molecule has 1 aromatic carbocycles. The van der Waals surface area contributed by atoms with Crippen molar-refractivity contribution in [3.05, 3.63) is 35.6 Å². The van der Waals surface area contributed by atoms with E-state index in [2.05, 4.69) is 39.9 Å². The molecule has 2 unspecified atom stereocenters. The molecule has 0 spiro atoms. The number of hydrogen-bond donors (Lipinski definition) is 1. The van der Waals surface area contributed by atoms with Crippen LogP contribution in [0.25, 0.3) is 0 Å². The van der Waals surface area contributed by atoms with E-state index < -0.39 is 0 Å². The van der Waals surface area contributed by atoms with Crippen molar-refractivity contribution in [1.29, 1.82) is 0 Å². The van der Waals surface area contributed by atoms with Gasteiger partial charge < -0.3 is 5.32 Å². The minimum atomic E-state index is -0.142. The summed E-state index contributed by atoms with van der Waals surface area (Å²) < 4.78 is 13.3. The number of halogens is 1. The van der Waals surface area contributed by atoms with Crippen LogP contribution in [0.2, 0.25) is 0 Å². The Morgan fingerprint density at radius 2 is 1.94 bits per heavy atom. The molecule has 1 aromatic rings. The highest BCUT2D eigenvalue weighted by Gasteiger charge is 2.20. The van der Waals surface area contributed by atoms with Crippen LogP contribution in [0.3, 0.4) is 0 Å². The van der Waals surface area contributed by atoms with Crippen molar-refractivity contribution in [2.45, 2.75) is 52.5 Å². The highest BCUT2D eigenvalue weighted by molar-refractivity contribution is 5.22. The lowest BCUT2D eigenvalue weighted by atomic mass is 9.85. The number of hydrogen-bond acceptors (Lipinski definition) is 1. The monoisotopic (exact) mass is 251 g/mol. The third-order valence-corrected chi connectivity index (χ3v) is 3.46. The fourth-order valence-electron chi connectivity index (χ4n) is 2.09. The molecule has 0 aromatic heterocycles. The van der Waals surface area contributed by atoms with Gasteiger partial charge in [0.25, 0.3) is 0 Å². The molecular weight excluding hydrogens is 225 g/mol. The minimum Gasteiger partial charge on any atom is -0.311 e. The Morgan fingerprint density at radius 3 is 2.44 bits per heavy atom. The maximum Gasteiger partial charge on any atom is 0.123 e. The smallest absolute Gasteiger partial charge is 0.123 e. The second-order valence-corrected chi connectivity index (χ2v) is 6.18. The Morgan fingerprint density at radius 1 is 1.28 bits per heavy atom. The molecule has 18 heavy (non-hydrogen) atoms. The van der Waals surface area contributed by atoms with E-state index in [0.717, 1.165) is 18.5 Å². The Balaban J connectivity index is 2.85. The fraction of sp³-hybridized carbons (Fsp3) is 0.625. The van der Waals surface area contributed by atoms with E-state index in [1.165, 1.54) is 6.07 Å². The largest absolute Gasteiger partial charge is 0.311 e. The quantitative estimate of drug-likeness (QED) is 0.820. The lowest BCUT2D eigenvalue weighted by Gasteiger charge is -2.29. The van der Waals surface area contributed by atoms with Crippen LogP contribution in [0.5, 0.6) is 0 Å². The van der Waals surface area contributed by atoms with Crippen molar-refractivity contribution in [2.75, 3.05) is 6.54 Å². The summed E-state index contributed by atoms with van der Waals surface area (Å²) in [5, 5.41) is 3.53. The van der Waals surface area contributed by atoms with Gasteiger partial charge in [0.2, 0.25) is 0 Å². The van der Waals surface area contributed by atoms with Crippen LogP contribution >= 0.6 is 0 Å². The number of nitrogens with one attached hydrogen (secondary N) is 1. The van der Waals surface area contributed by atoms with Gasteiger partial charge in [0.15, 0.2) is 0 Å². The molecule has 2 heteroatoms. The fourth-order valence-corrected chi connectivity index (χ4v) is 2.09. The molecule has 0 aliphatic carbocycles. The summed E-state index contributed by atoms with van der Waals surface area (Å²) in [6, 6.07) is 7.01. The summed E-state index contributed by atoms with van der Waals surface area (Å²) >= 11 is 0. The van der Waals surface area contributed by atoms with E-state index in [1.807, 2.05) is 6.07 Å². The van der Waals surface area contributed by atoms with E-state index >= 15 is 0 Å². The zero-order valence-electron chi connectivity index (χ0n) is 12.3. The van der Waals surface area contributed by atoms with Gasteiger partial charge in [0.1, 0.15) is 5.82 Å². The van der Waals surface area contributed by atoms with Gasteiger partial charge >= 0.3 is 0 Å². The van der Waals surface area contributed by atoms with E-state index in [-0.39, 0.29) is 11.4 Å². The molecule has 0 radical (unpaired) electrons. The molecule has 0 aliphatic heterocycles. The number of rotatable bonds is 5. The molecule has 2 atom stereocenters. The van der Waals surface area contributed by atoms with Gasteiger partial charge in [0.05, 0.1) is 0 Å². The van der Waals surface area contributed by atoms with E-state index in [9.17, 15) is 4.39 Å². The van der Waals surface area contributed by atoms with Crippen LogP contribution in [0.15, 0.2) is 24.3 Å². The summed E-state index contributed by atoms with van der Waals surface area (Å²) in [5.41, 5.74) is 1.19. The van der Waals surface area contributed by atoms with Gasteiger partial charge in [-0.05, 0) is 50.3 Å². The molecule has 1 rings (SSSR count). The highest BCUT2D eigenvalue weighted by Crippen LogP contribution is 2.27. The summed E-state index contributed by atoms with van der Waals surface area (Å²) in [4.78, 5) is 0. The van der Waals surface area contributed by atoms with E-state index in [1.54, 1.807) is 12.1 Å². The first-order chi connectivity index (χ1) is 8.33. The SMILES string of the molecule is CCC(C)C(CNC(C)(C)C)c1cccc(F)c1. The van der Waals surface area contributed by atoms with E-state index in [4.69, 9.17) is 0 Å². The van der Waals surface area contributed by atoms with Crippen molar-refractivity contribution in [3.63, 3.8) is 0 Å². The molecule has 0 heterocycles. The Bertz CT molecular complexity index is 368. The van der Waals surface area contributed by atoms with Crippen LogP contribution in [-0.4, -0.2) is 12.1 Å². The van der Waals surface area contributed by atoms with Crippen molar-refractivity contribution < 1.29 is 4.39 Å². The predicted octanol–water partition coefficient (Wildman–Crippen LogP) is 4.34. The third-order valence-electron chi connectivity index (χ3n) is 3.46. The molecule has 1 nitrogen and oxygen atoms in total. The van der Waals surface area contributed by atoms with Crippen LogP contribution in [0.4, 0.5) is 4.39 Å². The van der Waals surface area contributed by atoms with Gasteiger partial charge in [-0.1, -0.05) is 32.4 Å². The summed E-state index contributed by atoms with van der Waals surface area (Å²) in [6.45, 7) is 11.8. The lowest BCUT2D eigenvalue weighted by molar-refractivity contribution is 0.355. The molecule has 1 N–H and O–H groups in total. The van der Waals surface area contributed by atoms with Crippen LogP contribution in [-0.2, 0) is 0 Å². The molecular formula is C16H26FN. The molecule has 102 valence electrons. The first kappa shape index (κ1) is 15.2. The maximum absolute atomic E-state index is 13.3. The van der Waals surface area contributed by atoms with Gasteiger partial charge in [0, 0.05) is 12.1 Å². The minimum absolute atomic E-state index is 0.0963. The maximum atomic E-state index is 13.3. The number of benzene rings is 1. The van der Waals surface area contributed by atoms with Gasteiger partial charge in [-0.25, -0.2) is 4.39 Å². The second kappa shape index (κ2) is 6.33. The van der Waals surface area contributed by atoms with E-state index in [0.29, 0.717) is 11.8 Å². The first-order valence-electron chi connectivity index (χ1n) is 6.84. The normalized spacial score (nSPS) is 15.4. The summed E-state index contributed by atoms with van der Waals surface area (Å²) in [7, 11) is 0. The Labute approximate surface area is 111 Å². The van der Waals surface area contributed by atoms with Gasteiger partial charge in [-0.3, -0.25) is 0 Å². The third kappa shape index (κ3) is 4.77. The summed E-state index contributed by atoms with van der Waals surface area (Å²) in [6.07, 6.45) is 1.10. The standard InChI is InChI=1S/C16H26FN/c1-6-12(2)15(11-18-16(3,4)5)13-8-7-9-14(17)10-13/h7-10,12,15,18H,6,11H2,1-5H3. The van der Waals surface area contributed by atoms with Crippen molar-refractivity contribution in [1.82, 2.24) is 5.32 Å². The Hall–Kier alpha value is -0.890. The molecule has 0 bridgehead atoms. The summed E-state index contributed by atoms with van der Waals surface area (Å²) in [5.74, 6) is 0.767. The van der Waals surface area contributed by atoms with Crippen molar-refractivity contribution in [2.24, 2.45) is 5.92 Å². The first-order valence-corrected chi connectivity index (χ1v) is 6.84. The molecule has 0 fully saturated rings. The van der Waals surface area contributed by atoms with Crippen molar-refractivity contribution in [3.8, 4) is 0 Å². The molecule has 0 saturated heterocycles.